The Hall–Kier alpha value is -0.860. The molecule has 0 radical (unpaired) electrons. The highest BCUT2D eigenvalue weighted by Crippen LogP contribution is 2.34. The van der Waals surface area contributed by atoms with Crippen LogP contribution in [-0.4, -0.2) is 21.6 Å². The summed E-state index contributed by atoms with van der Waals surface area (Å²) in [7, 11) is 0. The van der Waals surface area contributed by atoms with Crippen molar-refractivity contribution in [2.24, 2.45) is 5.73 Å². The summed E-state index contributed by atoms with van der Waals surface area (Å²) in [5, 5.41) is 8.67. The monoisotopic (exact) mass is 270 g/mol. The summed E-state index contributed by atoms with van der Waals surface area (Å²) in [4.78, 5) is 11.4. The molecule has 16 heavy (non-hydrogen) atoms. The number of hydrogen-bond acceptors (Lipinski definition) is 5. The lowest BCUT2D eigenvalue weighted by atomic mass is 10.3. The van der Waals surface area contributed by atoms with Crippen molar-refractivity contribution >= 4 is 34.8 Å². The van der Waals surface area contributed by atoms with Crippen molar-refractivity contribution in [3.05, 3.63) is 5.01 Å². The van der Waals surface area contributed by atoms with Gasteiger partial charge in [-0.25, -0.2) is 8.78 Å². The second kappa shape index (κ2) is 4.56. The first kappa shape index (κ1) is 13.2. The van der Waals surface area contributed by atoms with Gasteiger partial charge in [-0.2, -0.15) is 0 Å². The van der Waals surface area contributed by atoms with Crippen molar-refractivity contribution in [3.8, 4) is 0 Å². The van der Waals surface area contributed by atoms with E-state index in [0.717, 1.165) is 0 Å². The van der Waals surface area contributed by atoms with Gasteiger partial charge in [0.05, 0.1) is 5.54 Å². The summed E-state index contributed by atoms with van der Waals surface area (Å²) in [6.45, 7) is 0. The third-order valence-electron chi connectivity index (χ3n) is 2.09. The van der Waals surface area contributed by atoms with Crippen LogP contribution in [0.3, 0.4) is 0 Å². The predicted octanol–water partition coefficient (Wildman–Crippen LogP) is 1.33. The highest BCUT2D eigenvalue weighted by atomic mass is 35.5. The van der Waals surface area contributed by atoms with E-state index in [1.807, 2.05) is 0 Å². The van der Waals surface area contributed by atoms with E-state index in [1.165, 1.54) is 0 Å². The highest BCUT2D eigenvalue weighted by molar-refractivity contribution is 7.15. The second-order valence-electron chi connectivity index (χ2n) is 3.36. The first-order chi connectivity index (χ1) is 7.01. The van der Waals surface area contributed by atoms with Crippen molar-refractivity contribution in [1.29, 1.82) is 0 Å². The van der Waals surface area contributed by atoms with Gasteiger partial charge >= 0.3 is 0 Å². The van der Waals surface area contributed by atoms with E-state index in [4.69, 9.17) is 5.73 Å². The lowest BCUT2D eigenvalue weighted by Crippen LogP contribution is -2.37. The van der Waals surface area contributed by atoms with Crippen molar-refractivity contribution < 1.29 is 13.6 Å². The zero-order valence-electron chi connectivity index (χ0n) is 7.94. The zero-order chi connectivity index (χ0) is 11.1. The molecule has 3 N–H and O–H groups in total. The summed E-state index contributed by atoms with van der Waals surface area (Å²) in [6.07, 6.45) is -1.44. The SMILES string of the molecule is Cl.NC1(C(=O)Nc2nnc(C(F)F)s2)CC1. The van der Waals surface area contributed by atoms with Crippen LogP contribution >= 0.6 is 23.7 Å². The summed E-state index contributed by atoms with van der Waals surface area (Å²) in [6, 6.07) is 0. The maximum atomic E-state index is 12.1. The lowest BCUT2D eigenvalue weighted by molar-refractivity contribution is -0.118. The fraction of sp³-hybridized carbons (Fsp3) is 0.571. The molecule has 0 unspecified atom stereocenters. The number of carbonyl (C=O) groups excluding carboxylic acids is 1. The van der Waals surface area contributed by atoms with Crippen molar-refractivity contribution in [2.75, 3.05) is 5.32 Å². The number of alkyl halides is 2. The molecule has 1 fully saturated rings. The minimum absolute atomic E-state index is 0. The number of anilines is 1. The number of nitrogens with zero attached hydrogens (tertiary/aromatic N) is 2. The van der Waals surface area contributed by atoms with E-state index < -0.39 is 17.0 Å². The summed E-state index contributed by atoms with van der Waals surface area (Å²) >= 11 is 0.653. The number of rotatable bonds is 3. The van der Waals surface area contributed by atoms with Crippen LogP contribution in [0.15, 0.2) is 0 Å². The van der Waals surface area contributed by atoms with Crippen molar-refractivity contribution in [2.45, 2.75) is 24.8 Å². The molecular formula is C7H9ClF2N4OS. The van der Waals surface area contributed by atoms with Crippen LogP contribution in [0, 0.1) is 0 Å². The molecule has 5 nitrogen and oxygen atoms in total. The van der Waals surface area contributed by atoms with Gasteiger partial charge in [-0.05, 0) is 12.8 Å². The lowest BCUT2D eigenvalue weighted by Gasteiger charge is -2.05. The summed E-state index contributed by atoms with van der Waals surface area (Å²) < 4.78 is 24.3. The molecule has 0 saturated heterocycles. The fourth-order valence-electron chi connectivity index (χ4n) is 0.957. The molecule has 1 heterocycles. The number of aromatic nitrogens is 2. The standard InChI is InChI=1S/C7H8F2N4OS.ClH/c8-3(9)4-12-13-6(15-4)11-5(14)7(10)1-2-7;/h3H,1-2,10H2,(H,11,13,14);1H. The Morgan fingerprint density at radius 1 is 1.50 bits per heavy atom. The number of carbonyl (C=O) groups is 1. The van der Waals surface area contributed by atoms with Crippen LogP contribution in [0.1, 0.15) is 24.3 Å². The van der Waals surface area contributed by atoms with E-state index in [0.29, 0.717) is 24.2 Å². The Morgan fingerprint density at radius 3 is 2.56 bits per heavy atom. The van der Waals surface area contributed by atoms with Gasteiger partial charge in [0, 0.05) is 0 Å². The van der Waals surface area contributed by atoms with Gasteiger partial charge in [-0.15, -0.1) is 22.6 Å². The molecule has 0 atom stereocenters. The Bertz CT molecular complexity index is 395. The molecule has 1 aliphatic rings. The van der Waals surface area contributed by atoms with Crippen molar-refractivity contribution in [1.82, 2.24) is 10.2 Å². The van der Waals surface area contributed by atoms with Crippen LogP contribution < -0.4 is 11.1 Å². The number of amides is 1. The quantitative estimate of drug-likeness (QED) is 0.868. The number of nitrogens with one attached hydrogen (secondary N) is 1. The Labute approximate surface area is 99.8 Å². The van der Waals surface area contributed by atoms with E-state index in [9.17, 15) is 13.6 Å². The predicted molar refractivity (Wildman–Crippen MR) is 56.9 cm³/mol. The fourth-order valence-corrected chi connectivity index (χ4v) is 1.55. The second-order valence-corrected chi connectivity index (χ2v) is 4.37. The Balaban J connectivity index is 0.00000128. The van der Waals surface area contributed by atoms with Crippen LogP contribution in [0.2, 0.25) is 0 Å². The maximum Gasteiger partial charge on any atom is 0.291 e. The molecule has 9 heteroatoms. The molecule has 1 amide bonds. The summed E-state index contributed by atoms with van der Waals surface area (Å²) in [5.41, 5.74) is 4.76. The van der Waals surface area contributed by atoms with Gasteiger partial charge < -0.3 is 5.73 Å². The van der Waals surface area contributed by atoms with E-state index in [2.05, 4.69) is 15.5 Å². The largest absolute Gasteiger partial charge is 0.317 e. The normalized spacial score (nSPS) is 16.8. The number of nitrogens with two attached hydrogens (primary N) is 1. The highest BCUT2D eigenvalue weighted by Gasteiger charge is 2.46. The Morgan fingerprint density at radius 2 is 2.12 bits per heavy atom. The smallest absolute Gasteiger partial charge is 0.291 e. The van der Waals surface area contributed by atoms with Crippen LogP contribution in [0.25, 0.3) is 0 Å². The topological polar surface area (TPSA) is 80.9 Å². The van der Waals surface area contributed by atoms with Gasteiger partial charge in [0.1, 0.15) is 0 Å². The van der Waals surface area contributed by atoms with Crippen LogP contribution in [0.5, 0.6) is 0 Å². The summed E-state index contributed by atoms with van der Waals surface area (Å²) in [5.74, 6) is -0.389. The van der Waals surface area contributed by atoms with E-state index in [-0.39, 0.29) is 23.4 Å². The molecule has 0 aliphatic heterocycles. The van der Waals surface area contributed by atoms with Crippen LogP contribution in [0.4, 0.5) is 13.9 Å². The number of hydrogen-bond donors (Lipinski definition) is 2. The molecule has 1 aromatic rings. The first-order valence-electron chi connectivity index (χ1n) is 4.23. The van der Waals surface area contributed by atoms with Gasteiger partial charge in [0.15, 0.2) is 5.01 Å². The third-order valence-corrected chi connectivity index (χ3v) is 2.93. The molecule has 90 valence electrons. The third kappa shape index (κ3) is 2.63. The average Bonchev–Trinajstić information content (AvgIpc) is 2.76. The molecule has 0 aromatic carbocycles. The molecule has 1 aromatic heterocycles. The van der Waals surface area contributed by atoms with E-state index >= 15 is 0 Å². The first-order valence-corrected chi connectivity index (χ1v) is 5.05. The average molecular weight is 271 g/mol. The van der Waals surface area contributed by atoms with Crippen LogP contribution in [-0.2, 0) is 4.79 Å². The van der Waals surface area contributed by atoms with Gasteiger partial charge in [0.2, 0.25) is 11.0 Å². The molecule has 0 spiro atoms. The minimum Gasteiger partial charge on any atom is -0.317 e. The minimum atomic E-state index is -2.67. The maximum absolute atomic E-state index is 12.1. The number of halogens is 3. The van der Waals surface area contributed by atoms with Gasteiger partial charge in [-0.1, -0.05) is 11.3 Å². The molecule has 1 saturated carbocycles. The van der Waals surface area contributed by atoms with Gasteiger partial charge in [0.25, 0.3) is 6.43 Å². The molecule has 2 rings (SSSR count). The van der Waals surface area contributed by atoms with E-state index in [1.54, 1.807) is 0 Å². The van der Waals surface area contributed by atoms with Gasteiger partial charge in [-0.3, -0.25) is 10.1 Å². The van der Waals surface area contributed by atoms with Crippen molar-refractivity contribution in [3.63, 3.8) is 0 Å². The molecule has 0 bridgehead atoms. The zero-order valence-corrected chi connectivity index (χ0v) is 9.58. The molecule has 1 aliphatic carbocycles. The Kier molecular flexibility index (Phi) is 3.76. The molecular weight excluding hydrogens is 262 g/mol.